The minimum atomic E-state index is -0.190. The van der Waals surface area contributed by atoms with E-state index in [4.69, 9.17) is 21.1 Å². The lowest BCUT2D eigenvalue weighted by atomic mass is 9.95. The topological polar surface area (TPSA) is 81.3 Å². The molecule has 1 saturated heterocycles. The van der Waals surface area contributed by atoms with Crippen LogP contribution in [0.2, 0.25) is 0 Å². The zero-order valence-corrected chi connectivity index (χ0v) is 23.2. The number of phenols is 1. The summed E-state index contributed by atoms with van der Waals surface area (Å²) in [4.78, 5) is 23.6. The van der Waals surface area contributed by atoms with Crippen LogP contribution >= 0.6 is 11.6 Å². The Hall–Kier alpha value is -3.04. The Morgan fingerprint density at radius 2 is 1.92 bits per heavy atom. The third kappa shape index (κ3) is 4.91. The highest BCUT2D eigenvalue weighted by atomic mass is 35.5. The molecule has 0 spiro atoms. The van der Waals surface area contributed by atoms with Crippen LogP contribution in [0.25, 0.3) is 16.8 Å². The van der Waals surface area contributed by atoms with Crippen molar-refractivity contribution in [3.8, 4) is 5.75 Å². The number of carbonyl (C=O) groups is 1. The summed E-state index contributed by atoms with van der Waals surface area (Å²) in [6.07, 6.45) is 2.38. The lowest BCUT2D eigenvalue weighted by Crippen LogP contribution is -2.45. The van der Waals surface area contributed by atoms with Crippen LogP contribution in [0.4, 0.5) is 5.69 Å². The molecule has 8 nitrogen and oxygen atoms in total. The third-order valence-electron chi connectivity index (χ3n) is 8.31. The summed E-state index contributed by atoms with van der Waals surface area (Å²) in [5.41, 5.74) is 4.12. The maximum atomic E-state index is 13.8. The van der Waals surface area contributed by atoms with Crippen LogP contribution in [0.15, 0.2) is 42.2 Å². The molecule has 0 radical (unpaired) electrons. The number of aromatic amines is 1. The van der Waals surface area contributed by atoms with Crippen molar-refractivity contribution in [1.29, 1.82) is 0 Å². The first-order chi connectivity index (χ1) is 19.0. The minimum absolute atomic E-state index is 0.0150. The van der Waals surface area contributed by atoms with Gasteiger partial charge in [0, 0.05) is 80.7 Å². The number of benzene rings is 2. The number of carbonyl (C=O) groups excluding carboxylic acids is 1. The normalized spacial score (nSPS) is 21.6. The SMILES string of the molecule is COC1=Cc2[nH]c(C(=O)N3CC(CCl)c4c3cc(O)c3ccccc43)cc2CC1OCCN1CCN(C)CC1. The molecule has 1 aromatic heterocycles. The summed E-state index contributed by atoms with van der Waals surface area (Å²) in [5, 5.41) is 12.4. The molecule has 1 fully saturated rings. The second kappa shape index (κ2) is 10.8. The van der Waals surface area contributed by atoms with Crippen LogP contribution < -0.4 is 4.90 Å². The Balaban J connectivity index is 1.20. The molecule has 2 aromatic carbocycles. The number of H-pyrrole nitrogens is 1. The second-order valence-electron chi connectivity index (χ2n) is 10.7. The van der Waals surface area contributed by atoms with Crippen molar-refractivity contribution >= 4 is 40.0 Å². The molecular formula is C30H35ClN4O4. The van der Waals surface area contributed by atoms with Crippen molar-refractivity contribution in [2.45, 2.75) is 18.4 Å². The van der Waals surface area contributed by atoms with E-state index in [0.29, 0.717) is 36.8 Å². The van der Waals surface area contributed by atoms with Gasteiger partial charge in [-0.3, -0.25) is 9.69 Å². The van der Waals surface area contributed by atoms with Crippen molar-refractivity contribution in [3.05, 3.63) is 64.7 Å². The number of nitrogens with zero attached hydrogens (tertiary/aromatic N) is 3. The Morgan fingerprint density at radius 3 is 2.67 bits per heavy atom. The summed E-state index contributed by atoms with van der Waals surface area (Å²) in [5.74, 6) is 1.14. The van der Waals surface area contributed by atoms with E-state index in [-0.39, 0.29) is 23.7 Å². The van der Waals surface area contributed by atoms with Gasteiger partial charge in [-0.25, -0.2) is 0 Å². The Morgan fingerprint density at radius 1 is 1.15 bits per heavy atom. The van der Waals surface area contributed by atoms with Crippen LogP contribution in [-0.4, -0.2) is 97.8 Å². The Bertz CT molecular complexity index is 1410. The van der Waals surface area contributed by atoms with Crippen LogP contribution in [-0.2, 0) is 15.9 Å². The zero-order chi connectivity index (χ0) is 27.1. The van der Waals surface area contributed by atoms with Gasteiger partial charge in [0.15, 0.2) is 0 Å². The summed E-state index contributed by atoms with van der Waals surface area (Å²) >= 11 is 6.37. The molecule has 2 N–H and O–H groups in total. The van der Waals surface area contributed by atoms with Gasteiger partial charge in [-0.15, -0.1) is 11.6 Å². The zero-order valence-electron chi connectivity index (χ0n) is 22.5. The van der Waals surface area contributed by atoms with Crippen molar-refractivity contribution in [3.63, 3.8) is 0 Å². The number of hydrogen-bond acceptors (Lipinski definition) is 6. The fourth-order valence-corrected chi connectivity index (χ4v) is 6.33. The molecule has 0 bridgehead atoms. The first kappa shape index (κ1) is 26.2. The number of hydrogen-bond donors (Lipinski definition) is 2. The Labute approximate surface area is 233 Å². The highest BCUT2D eigenvalue weighted by molar-refractivity contribution is 6.19. The number of rotatable bonds is 7. The van der Waals surface area contributed by atoms with E-state index in [2.05, 4.69) is 21.8 Å². The highest BCUT2D eigenvalue weighted by Crippen LogP contribution is 2.45. The number of aromatic hydroxyl groups is 1. The number of aromatic nitrogens is 1. The van der Waals surface area contributed by atoms with Crippen molar-refractivity contribution in [2.24, 2.45) is 0 Å². The van der Waals surface area contributed by atoms with Gasteiger partial charge in [0.2, 0.25) is 0 Å². The molecule has 2 unspecified atom stereocenters. The van der Waals surface area contributed by atoms with Gasteiger partial charge in [0.05, 0.1) is 19.4 Å². The molecule has 39 heavy (non-hydrogen) atoms. The maximum Gasteiger partial charge on any atom is 0.274 e. The van der Waals surface area contributed by atoms with E-state index >= 15 is 0 Å². The molecule has 2 atom stereocenters. The molecule has 3 aliphatic rings. The standard InChI is InChI=1S/C30H35ClN4O4/c1-33-7-9-34(10-8-33)11-12-39-28-14-19-13-24(32-23(19)15-27(28)38-2)30(37)35-18-20(17-31)29-22-6-4-3-5-21(22)26(36)16-25(29)35/h3-6,13,15-16,20,28,32,36H,7-12,14,17-18H2,1-2H3. The van der Waals surface area contributed by atoms with Crippen LogP contribution in [0.3, 0.4) is 0 Å². The van der Waals surface area contributed by atoms with Gasteiger partial charge in [-0.05, 0) is 29.6 Å². The van der Waals surface area contributed by atoms with E-state index in [0.717, 1.165) is 66.1 Å². The molecule has 0 saturated carbocycles. The predicted molar refractivity (Wildman–Crippen MR) is 154 cm³/mol. The number of methoxy groups -OCH3 is 1. The monoisotopic (exact) mass is 550 g/mol. The summed E-state index contributed by atoms with van der Waals surface area (Å²) in [6, 6.07) is 11.3. The van der Waals surface area contributed by atoms with Crippen molar-refractivity contribution in [2.75, 3.05) is 70.8 Å². The van der Waals surface area contributed by atoms with Gasteiger partial charge < -0.3 is 29.4 Å². The number of nitrogens with one attached hydrogen (secondary N) is 1. The fraction of sp³-hybridized carbons (Fsp3) is 0.433. The van der Waals surface area contributed by atoms with Crippen molar-refractivity contribution < 1.29 is 19.4 Å². The van der Waals surface area contributed by atoms with Gasteiger partial charge in [0.25, 0.3) is 5.91 Å². The Kier molecular flexibility index (Phi) is 7.29. The largest absolute Gasteiger partial charge is 0.507 e. The number of halogens is 1. The summed E-state index contributed by atoms with van der Waals surface area (Å²) < 4.78 is 11.9. The third-order valence-corrected chi connectivity index (χ3v) is 8.68. The number of piperazine rings is 1. The maximum absolute atomic E-state index is 13.8. The van der Waals surface area contributed by atoms with Gasteiger partial charge >= 0.3 is 0 Å². The smallest absolute Gasteiger partial charge is 0.274 e. The van der Waals surface area contributed by atoms with E-state index in [1.807, 2.05) is 36.4 Å². The fourth-order valence-electron chi connectivity index (χ4n) is 6.08. The molecule has 9 heteroatoms. The molecule has 3 heterocycles. The number of phenolic OH excluding ortho intramolecular Hbond substituents is 1. The lowest BCUT2D eigenvalue weighted by molar-refractivity contribution is 0.0212. The van der Waals surface area contributed by atoms with Crippen LogP contribution in [0.5, 0.6) is 5.75 Å². The van der Waals surface area contributed by atoms with Crippen LogP contribution in [0.1, 0.15) is 33.2 Å². The second-order valence-corrected chi connectivity index (χ2v) is 11.0. The summed E-state index contributed by atoms with van der Waals surface area (Å²) in [7, 11) is 3.82. The number of alkyl halides is 1. The number of amides is 1. The average Bonchev–Trinajstić information content (AvgIpc) is 3.54. The average molecular weight is 551 g/mol. The predicted octanol–water partition coefficient (Wildman–Crippen LogP) is 4.03. The molecule has 3 aromatic rings. The molecule has 1 aliphatic carbocycles. The van der Waals surface area contributed by atoms with E-state index in [1.54, 1.807) is 18.1 Å². The van der Waals surface area contributed by atoms with Gasteiger partial charge in [-0.1, -0.05) is 24.3 Å². The van der Waals surface area contributed by atoms with Crippen molar-refractivity contribution in [1.82, 2.24) is 14.8 Å². The number of likely N-dealkylation sites (N-methyl/N-ethyl adjacent to an activating group) is 1. The molecule has 206 valence electrons. The number of ether oxygens (including phenoxy) is 2. The van der Waals surface area contributed by atoms with E-state index in [1.165, 1.54) is 0 Å². The molecule has 1 amide bonds. The first-order valence-corrected chi connectivity index (χ1v) is 14.1. The molecular weight excluding hydrogens is 516 g/mol. The summed E-state index contributed by atoms with van der Waals surface area (Å²) in [6.45, 7) is 6.26. The van der Waals surface area contributed by atoms with Crippen LogP contribution in [0, 0.1) is 0 Å². The molecule has 2 aliphatic heterocycles. The van der Waals surface area contributed by atoms with Gasteiger partial charge in [-0.2, -0.15) is 0 Å². The number of fused-ring (bicyclic) bond motifs is 4. The quantitative estimate of drug-likeness (QED) is 0.432. The molecule has 6 rings (SSSR count). The number of anilines is 1. The lowest BCUT2D eigenvalue weighted by Gasteiger charge is -2.32. The minimum Gasteiger partial charge on any atom is -0.507 e. The first-order valence-electron chi connectivity index (χ1n) is 13.6. The van der Waals surface area contributed by atoms with Gasteiger partial charge in [0.1, 0.15) is 23.3 Å². The highest BCUT2D eigenvalue weighted by Gasteiger charge is 2.36. The van der Waals surface area contributed by atoms with E-state index in [9.17, 15) is 9.90 Å². The van der Waals surface area contributed by atoms with E-state index < -0.39 is 0 Å².